The van der Waals surface area contributed by atoms with Crippen molar-refractivity contribution in [1.29, 1.82) is 0 Å². The fourth-order valence-corrected chi connectivity index (χ4v) is 1.34. The summed E-state index contributed by atoms with van der Waals surface area (Å²) >= 11 is 1.62. The van der Waals surface area contributed by atoms with Crippen molar-refractivity contribution >= 4 is 36.2 Å². The molecule has 2 N–H and O–H groups in total. The summed E-state index contributed by atoms with van der Waals surface area (Å²) in [6.45, 7) is 3.92. The molecule has 0 saturated carbocycles. The Morgan fingerprint density at radius 3 is 2.27 bits per heavy atom. The highest BCUT2D eigenvalue weighted by Gasteiger charge is 2.01. The molecule has 0 aromatic carbocycles. The lowest BCUT2D eigenvalue weighted by Gasteiger charge is -1.95. The quantitative estimate of drug-likeness (QED) is 0.780. The average Bonchev–Trinajstić information content (AvgIpc) is 2.14. The summed E-state index contributed by atoms with van der Waals surface area (Å²) in [5.74, 6) is 0. The summed E-state index contributed by atoms with van der Waals surface area (Å²) < 4.78 is 0. The molecule has 1 heterocycles. The zero-order chi connectivity index (χ0) is 6.85. The number of aromatic nitrogens is 1. The van der Waals surface area contributed by atoms with Crippen molar-refractivity contribution in [2.75, 3.05) is 0 Å². The summed E-state index contributed by atoms with van der Waals surface area (Å²) in [6.07, 6.45) is 0. The molecule has 2 nitrogen and oxygen atoms in total. The Bertz CT molecular complexity index is 200. The van der Waals surface area contributed by atoms with Gasteiger partial charge in [0, 0.05) is 11.1 Å². The molecule has 1 aromatic heterocycles. The summed E-state index contributed by atoms with van der Waals surface area (Å²) in [5.41, 5.74) is 6.64. The van der Waals surface area contributed by atoms with Gasteiger partial charge in [0.25, 0.3) is 0 Å². The van der Waals surface area contributed by atoms with E-state index in [0.717, 1.165) is 10.7 Å². The molecule has 11 heavy (non-hydrogen) atoms. The molecular weight excluding hydrogens is 203 g/mol. The van der Waals surface area contributed by atoms with Crippen molar-refractivity contribution in [2.24, 2.45) is 5.73 Å². The lowest BCUT2D eigenvalue weighted by molar-refractivity contribution is 0.803. The minimum Gasteiger partial charge on any atom is -0.322 e. The minimum absolute atomic E-state index is 0. The lowest BCUT2D eigenvalue weighted by Crippen LogP contribution is -2.03. The van der Waals surface area contributed by atoms with Crippen LogP contribution in [-0.4, -0.2) is 4.98 Å². The Morgan fingerprint density at radius 2 is 2.09 bits per heavy atom. The predicted octanol–water partition coefficient (Wildman–Crippen LogP) is 2.31. The normalized spacial score (nSPS) is 11.2. The Kier molecular flexibility index (Phi) is 7.21. The monoisotopic (exact) mass is 214 g/mol. The van der Waals surface area contributed by atoms with Gasteiger partial charge < -0.3 is 5.73 Å². The van der Waals surface area contributed by atoms with Crippen molar-refractivity contribution in [3.63, 3.8) is 0 Å². The number of halogens is 2. The third kappa shape index (κ3) is 3.91. The van der Waals surface area contributed by atoms with E-state index in [1.807, 2.05) is 19.2 Å². The topological polar surface area (TPSA) is 38.9 Å². The van der Waals surface area contributed by atoms with Crippen LogP contribution in [-0.2, 0) is 0 Å². The van der Waals surface area contributed by atoms with Crippen LogP contribution in [0.5, 0.6) is 0 Å². The van der Waals surface area contributed by atoms with Crippen molar-refractivity contribution < 1.29 is 0 Å². The van der Waals surface area contributed by atoms with E-state index in [1.165, 1.54) is 0 Å². The number of hydrogen-bond acceptors (Lipinski definition) is 3. The maximum atomic E-state index is 5.57. The Balaban J connectivity index is 0. The first kappa shape index (κ1) is 13.7. The number of nitrogens with zero attached hydrogens (tertiary/aromatic N) is 1. The molecular formula is C6H12Cl2N2S. The van der Waals surface area contributed by atoms with Gasteiger partial charge in [0.15, 0.2) is 0 Å². The predicted molar refractivity (Wildman–Crippen MR) is 53.9 cm³/mol. The van der Waals surface area contributed by atoms with E-state index < -0.39 is 0 Å². The summed E-state index contributed by atoms with van der Waals surface area (Å²) in [6, 6.07) is 0.0868. The van der Waals surface area contributed by atoms with Gasteiger partial charge in [0.2, 0.25) is 0 Å². The van der Waals surface area contributed by atoms with Crippen LogP contribution in [0, 0.1) is 6.92 Å². The molecule has 0 spiro atoms. The first-order chi connectivity index (χ1) is 4.20. The standard InChI is InChI=1S/C6H10N2S.2ClH/c1-4-3-9-6(8-4)5(2)7;;/h3,5H,7H2,1-2H3;2*1H. The van der Waals surface area contributed by atoms with Crippen LogP contribution in [0.2, 0.25) is 0 Å². The van der Waals surface area contributed by atoms with Crippen molar-refractivity contribution in [1.82, 2.24) is 4.98 Å². The molecule has 1 aromatic rings. The maximum Gasteiger partial charge on any atom is 0.109 e. The van der Waals surface area contributed by atoms with E-state index in [0.29, 0.717) is 0 Å². The molecule has 5 heteroatoms. The third-order valence-electron chi connectivity index (χ3n) is 1.03. The molecule has 0 aliphatic heterocycles. The van der Waals surface area contributed by atoms with E-state index in [2.05, 4.69) is 4.98 Å². The highest BCUT2D eigenvalue weighted by atomic mass is 35.5. The summed E-state index contributed by atoms with van der Waals surface area (Å²) in [7, 11) is 0. The highest BCUT2D eigenvalue weighted by Crippen LogP contribution is 2.14. The van der Waals surface area contributed by atoms with Gasteiger partial charge in [0.05, 0.1) is 6.04 Å². The van der Waals surface area contributed by atoms with Crippen LogP contribution in [0.4, 0.5) is 0 Å². The van der Waals surface area contributed by atoms with E-state index in [9.17, 15) is 0 Å². The molecule has 1 atom stereocenters. The molecule has 1 unspecified atom stereocenters. The maximum absolute atomic E-state index is 5.57. The molecule has 0 aliphatic carbocycles. The lowest BCUT2D eigenvalue weighted by atomic mass is 10.4. The van der Waals surface area contributed by atoms with Gasteiger partial charge in [-0.05, 0) is 13.8 Å². The largest absolute Gasteiger partial charge is 0.322 e. The zero-order valence-corrected chi connectivity index (χ0v) is 8.85. The molecule has 0 amide bonds. The van der Waals surface area contributed by atoms with Crippen LogP contribution in [0.3, 0.4) is 0 Å². The van der Waals surface area contributed by atoms with Crippen LogP contribution in [0.25, 0.3) is 0 Å². The Morgan fingerprint density at radius 1 is 1.55 bits per heavy atom. The Labute approximate surface area is 83.0 Å². The van der Waals surface area contributed by atoms with E-state index in [1.54, 1.807) is 11.3 Å². The number of hydrogen-bond donors (Lipinski definition) is 1. The van der Waals surface area contributed by atoms with Crippen molar-refractivity contribution in [2.45, 2.75) is 19.9 Å². The first-order valence-corrected chi connectivity index (χ1v) is 3.75. The molecule has 0 saturated heterocycles. The van der Waals surface area contributed by atoms with Crippen LogP contribution in [0.15, 0.2) is 5.38 Å². The second-order valence-corrected chi connectivity index (χ2v) is 3.01. The summed E-state index contributed by atoms with van der Waals surface area (Å²) in [4.78, 5) is 4.20. The SMILES string of the molecule is Cc1csc(C(C)N)n1.Cl.Cl. The molecule has 66 valence electrons. The highest BCUT2D eigenvalue weighted by molar-refractivity contribution is 7.09. The number of thiazole rings is 1. The van der Waals surface area contributed by atoms with Crippen LogP contribution in [0.1, 0.15) is 23.7 Å². The molecule has 1 rings (SSSR count). The van der Waals surface area contributed by atoms with Crippen molar-refractivity contribution in [3.8, 4) is 0 Å². The first-order valence-electron chi connectivity index (χ1n) is 2.88. The zero-order valence-electron chi connectivity index (χ0n) is 6.40. The second-order valence-electron chi connectivity index (χ2n) is 2.12. The number of rotatable bonds is 1. The van der Waals surface area contributed by atoms with Gasteiger partial charge >= 0.3 is 0 Å². The summed E-state index contributed by atoms with van der Waals surface area (Å²) in [5, 5.41) is 3.03. The third-order valence-corrected chi connectivity index (χ3v) is 2.19. The van der Waals surface area contributed by atoms with Gasteiger partial charge in [-0.25, -0.2) is 4.98 Å². The van der Waals surface area contributed by atoms with Gasteiger partial charge in [-0.1, -0.05) is 0 Å². The minimum atomic E-state index is 0. The van der Waals surface area contributed by atoms with Crippen LogP contribution < -0.4 is 5.73 Å². The average molecular weight is 215 g/mol. The smallest absolute Gasteiger partial charge is 0.109 e. The number of aryl methyl sites for hydroxylation is 1. The fraction of sp³-hybridized carbons (Fsp3) is 0.500. The Hall–Kier alpha value is 0.170. The molecule has 0 aliphatic rings. The fourth-order valence-electron chi connectivity index (χ4n) is 0.581. The second kappa shape index (κ2) is 5.77. The number of nitrogens with two attached hydrogens (primary N) is 1. The van der Waals surface area contributed by atoms with Gasteiger partial charge in [0.1, 0.15) is 5.01 Å². The van der Waals surface area contributed by atoms with E-state index >= 15 is 0 Å². The van der Waals surface area contributed by atoms with E-state index in [4.69, 9.17) is 5.73 Å². The van der Waals surface area contributed by atoms with Gasteiger partial charge in [-0.3, -0.25) is 0 Å². The van der Waals surface area contributed by atoms with Crippen LogP contribution >= 0.6 is 36.2 Å². The van der Waals surface area contributed by atoms with Gasteiger partial charge in [-0.2, -0.15) is 0 Å². The van der Waals surface area contributed by atoms with Crippen molar-refractivity contribution in [3.05, 3.63) is 16.1 Å². The molecule has 0 bridgehead atoms. The molecule has 0 fully saturated rings. The van der Waals surface area contributed by atoms with E-state index in [-0.39, 0.29) is 30.9 Å². The molecule has 0 radical (unpaired) electrons. The van der Waals surface area contributed by atoms with Gasteiger partial charge in [-0.15, -0.1) is 36.2 Å².